The number of cyclic esters (lactones) is 1. The maximum atomic E-state index is 13.0. The molecule has 9 heteroatoms. The van der Waals surface area contributed by atoms with E-state index in [1.54, 1.807) is 23.1 Å². The molecule has 3 heterocycles. The summed E-state index contributed by atoms with van der Waals surface area (Å²) in [5.74, 6) is -0.719. The van der Waals surface area contributed by atoms with E-state index >= 15 is 0 Å². The number of hydrogen-bond donors (Lipinski definition) is 1. The minimum atomic E-state index is -0.802. The lowest BCUT2D eigenvalue weighted by molar-refractivity contribution is -0.150. The second-order valence-corrected chi connectivity index (χ2v) is 8.66. The largest absolute Gasteiger partial charge is 0.506 e. The lowest BCUT2D eigenvalue weighted by atomic mass is 10.0. The fourth-order valence-corrected chi connectivity index (χ4v) is 4.60. The Morgan fingerprint density at radius 2 is 1.80 bits per heavy atom. The van der Waals surface area contributed by atoms with Gasteiger partial charge in [-0.2, -0.15) is 0 Å². The molecule has 0 aliphatic carbocycles. The molecule has 0 bridgehead atoms. The minimum Gasteiger partial charge on any atom is -0.506 e. The first kappa shape index (κ1) is 22.6. The summed E-state index contributed by atoms with van der Waals surface area (Å²) < 4.78 is 10.6. The second kappa shape index (κ2) is 9.61. The average Bonchev–Trinajstić information content (AvgIpc) is 3.29. The highest BCUT2D eigenvalue weighted by atomic mass is 16.6. The molecular weight excluding hydrogens is 450 g/mol. The van der Waals surface area contributed by atoms with Crippen molar-refractivity contribution in [3.05, 3.63) is 71.9 Å². The van der Waals surface area contributed by atoms with E-state index in [1.165, 1.54) is 11.0 Å². The van der Waals surface area contributed by atoms with Crippen molar-refractivity contribution in [3.8, 4) is 5.75 Å². The third-order valence-electron chi connectivity index (χ3n) is 6.47. The van der Waals surface area contributed by atoms with Crippen LogP contribution in [-0.2, 0) is 20.9 Å². The smallest absolute Gasteiger partial charge is 0.410 e. The number of fused-ring (bicyclic) bond motifs is 1. The number of phenolic OH excluding ortho intramolecular Hbond substituents is 1. The number of likely N-dealkylation sites (tertiary alicyclic amines) is 1. The van der Waals surface area contributed by atoms with Gasteiger partial charge < -0.3 is 19.5 Å². The molecule has 1 N–H and O–H groups in total. The van der Waals surface area contributed by atoms with E-state index in [0.29, 0.717) is 31.4 Å². The van der Waals surface area contributed by atoms with Crippen LogP contribution in [0.1, 0.15) is 28.9 Å². The summed E-state index contributed by atoms with van der Waals surface area (Å²) in [6.07, 6.45) is 0.465. The number of rotatable bonds is 5. The molecule has 9 nitrogen and oxygen atoms in total. The van der Waals surface area contributed by atoms with Crippen molar-refractivity contribution in [2.24, 2.45) is 0 Å². The zero-order valence-corrected chi connectivity index (χ0v) is 19.0. The number of phenols is 1. The molecule has 2 saturated heterocycles. The van der Waals surface area contributed by atoms with Gasteiger partial charge in [0.05, 0.1) is 0 Å². The standard InChI is InChI=1S/C26H25N3O6/c30-22-8-4-7-18-9-10-20(27-23(18)22)24(31)28-13-11-19(12-14-28)29-21(16-35-26(29)33)25(32)34-15-17-5-2-1-3-6-17/h1-10,19,21,30H,11-16H2. The molecule has 0 spiro atoms. The number of aromatic nitrogens is 1. The van der Waals surface area contributed by atoms with Crippen LogP contribution in [0.25, 0.3) is 10.9 Å². The number of nitrogens with zero attached hydrogens (tertiary/aromatic N) is 3. The summed E-state index contributed by atoms with van der Waals surface area (Å²) in [7, 11) is 0. The number of piperidine rings is 1. The number of ether oxygens (including phenoxy) is 2. The number of para-hydroxylation sites is 1. The van der Waals surface area contributed by atoms with Crippen LogP contribution in [0.3, 0.4) is 0 Å². The molecule has 0 saturated carbocycles. The van der Waals surface area contributed by atoms with E-state index < -0.39 is 18.1 Å². The third kappa shape index (κ3) is 4.62. The van der Waals surface area contributed by atoms with Crippen molar-refractivity contribution >= 4 is 28.9 Å². The van der Waals surface area contributed by atoms with Crippen LogP contribution in [0.2, 0.25) is 0 Å². The summed E-state index contributed by atoms with van der Waals surface area (Å²) >= 11 is 0. The molecule has 1 atom stereocenters. The van der Waals surface area contributed by atoms with Gasteiger partial charge in [-0.3, -0.25) is 9.69 Å². The average molecular weight is 476 g/mol. The van der Waals surface area contributed by atoms with Gasteiger partial charge in [0, 0.05) is 24.5 Å². The van der Waals surface area contributed by atoms with Crippen molar-refractivity contribution in [2.75, 3.05) is 19.7 Å². The summed E-state index contributed by atoms with van der Waals surface area (Å²) in [6, 6.07) is 16.8. The highest BCUT2D eigenvalue weighted by Gasteiger charge is 2.44. The zero-order valence-electron chi connectivity index (χ0n) is 19.0. The lowest BCUT2D eigenvalue weighted by Gasteiger charge is -2.37. The molecule has 35 heavy (non-hydrogen) atoms. The number of hydrogen-bond acceptors (Lipinski definition) is 7. The van der Waals surface area contributed by atoms with Gasteiger partial charge in [-0.25, -0.2) is 14.6 Å². The Morgan fingerprint density at radius 1 is 1.03 bits per heavy atom. The van der Waals surface area contributed by atoms with Crippen LogP contribution in [0.5, 0.6) is 5.75 Å². The van der Waals surface area contributed by atoms with Gasteiger partial charge in [0.1, 0.15) is 30.2 Å². The predicted octanol–water partition coefficient (Wildman–Crippen LogP) is 3.11. The van der Waals surface area contributed by atoms with Crippen LogP contribution in [0, 0.1) is 0 Å². The number of esters is 1. The Labute approximate surface area is 201 Å². The minimum absolute atomic E-state index is 0.0218. The third-order valence-corrected chi connectivity index (χ3v) is 6.47. The van der Waals surface area contributed by atoms with Crippen molar-refractivity contribution in [3.63, 3.8) is 0 Å². The Kier molecular flexibility index (Phi) is 6.22. The molecular formula is C26H25N3O6. The molecule has 2 aromatic carbocycles. The summed E-state index contributed by atoms with van der Waals surface area (Å²) in [4.78, 5) is 45.7. The molecule has 5 rings (SSSR count). The topological polar surface area (TPSA) is 109 Å². The van der Waals surface area contributed by atoms with Gasteiger partial charge in [-0.1, -0.05) is 48.5 Å². The summed E-state index contributed by atoms with van der Waals surface area (Å²) in [6.45, 7) is 0.884. The highest BCUT2D eigenvalue weighted by molar-refractivity contribution is 5.96. The molecule has 2 fully saturated rings. The van der Waals surface area contributed by atoms with Gasteiger partial charge in [-0.15, -0.1) is 0 Å². The Balaban J connectivity index is 1.21. The van der Waals surface area contributed by atoms with Gasteiger partial charge in [-0.05, 0) is 30.5 Å². The Morgan fingerprint density at radius 3 is 2.57 bits per heavy atom. The summed E-state index contributed by atoms with van der Waals surface area (Å²) in [5.41, 5.74) is 1.49. The van der Waals surface area contributed by atoms with Crippen molar-refractivity contribution in [1.29, 1.82) is 0 Å². The fraction of sp³-hybridized carbons (Fsp3) is 0.308. The quantitative estimate of drug-likeness (QED) is 0.565. The van der Waals surface area contributed by atoms with Crippen LogP contribution >= 0.6 is 0 Å². The van der Waals surface area contributed by atoms with Crippen LogP contribution in [-0.4, -0.2) is 69.6 Å². The van der Waals surface area contributed by atoms with Crippen LogP contribution in [0.15, 0.2) is 60.7 Å². The first-order valence-electron chi connectivity index (χ1n) is 11.5. The highest BCUT2D eigenvalue weighted by Crippen LogP contribution is 2.27. The molecule has 2 aliphatic heterocycles. The molecule has 2 amide bonds. The predicted molar refractivity (Wildman–Crippen MR) is 126 cm³/mol. The van der Waals surface area contributed by atoms with Crippen molar-refractivity contribution < 1.29 is 29.0 Å². The molecule has 1 aromatic heterocycles. The molecule has 3 aromatic rings. The molecule has 1 unspecified atom stereocenters. The van der Waals surface area contributed by atoms with E-state index in [9.17, 15) is 19.5 Å². The van der Waals surface area contributed by atoms with E-state index in [4.69, 9.17) is 9.47 Å². The Bertz CT molecular complexity index is 1260. The van der Waals surface area contributed by atoms with Gasteiger partial charge >= 0.3 is 12.1 Å². The van der Waals surface area contributed by atoms with Crippen molar-refractivity contribution in [1.82, 2.24) is 14.8 Å². The summed E-state index contributed by atoms with van der Waals surface area (Å²) in [5, 5.41) is 10.8. The maximum Gasteiger partial charge on any atom is 0.410 e. The number of pyridine rings is 1. The zero-order chi connectivity index (χ0) is 24.4. The van der Waals surface area contributed by atoms with Gasteiger partial charge in [0.2, 0.25) is 0 Å². The molecule has 180 valence electrons. The number of aromatic hydroxyl groups is 1. The number of carbonyl (C=O) groups is 3. The molecule has 0 radical (unpaired) electrons. The van der Waals surface area contributed by atoms with E-state index in [2.05, 4.69) is 4.98 Å². The van der Waals surface area contributed by atoms with E-state index in [-0.39, 0.29) is 36.6 Å². The monoisotopic (exact) mass is 475 g/mol. The van der Waals surface area contributed by atoms with E-state index in [1.807, 2.05) is 36.4 Å². The SMILES string of the molecule is O=C(OCc1ccccc1)C1COC(=O)N1C1CCN(C(=O)c2ccc3cccc(O)c3n2)CC1. The number of benzene rings is 2. The fourth-order valence-electron chi connectivity index (χ4n) is 4.60. The van der Waals surface area contributed by atoms with Gasteiger partial charge in [0.15, 0.2) is 6.04 Å². The van der Waals surface area contributed by atoms with Crippen LogP contribution in [0.4, 0.5) is 4.79 Å². The number of amides is 2. The Hall–Kier alpha value is -4.14. The number of carbonyl (C=O) groups excluding carboxylic acids is 3. The first-order chi connectivity index (χ1) is 17.0. The maximum absolute atomic E-state index is 13.0. The first-order valence-corrected chi connectivity index (χ1v) is 11.5. The van der Waals surface area contributed by atoms with E-state index in [0.717, 1.165) is 10.9 Å². The second-order valence-electron chi connectivity index (χ2n) is 8.66. The van der Waals surface area contributed by atoms with Gasteiger partial charge in [0.25, 0.3) is 5.91 Å². The van der Waals surface area contributed by atoms with Crippen molar-refractivity contribution in [2.45, 2.75) is 31.5 Å². The normalized spacial score (nSPS) is 18.5. The lowest BCUT2D eigenvalue weighted by Crippen LogP contribution is -2.52. The molecule has 2 aliphatic rings. The van der Waals surface area contributed by atoms with Crippen LogP contribution < -0.4 is 0 Å².